The van der Waals surface area contributed by atoms with Crippen molar-refractivity contribution >= 4 is 11.9 Å². The molecule has 0 aromatic carbocycles. The van der Waals surface area contributed by atoms with Gasteiger partial charge in [-0.25, -0.2) is 0 Å². The van der Waals surface area contributed by atoms with Crippen LogP contribution in [-0.4, -0.2) is 60.8 Å². The lowest BCUT2D eigenvalue weighted by Crippen LogP contribution is -2.55. The van der Waals surface area contributed by atoms with Crippen LogP contribution in [0.4, 0.5) is 0 Å². The van der Waals surface area contributed by atoms with Crippen LogP contribution in [0.2, 0.25) is 0 Å². The highest BCUT2D eigenvalue weighted by Gasteiger charge is 2.32. The minimum atomic E-state index is -0.810. The van der Waals surface area contributed by atoms with Gasteiger partial charge in [-0.2, -0.15) is 0 Å². The van der Waals surface area contributed by atoms with E-state index in [2.05, 4.69) is 5.32 Å². The van der Waals surface area contributed by atoms with Crippen molar-refractivity contribution in [1.82, 2.24) is 10.2 Å². The standard InChI is InChI=1S/C11H18N2O4/c14-10(9-7-17-5-3-12-9)13-4-1-2-8(6-13)11(15)16/h8-9,12H,1-7H2,(H,15,16)/t8-,9?/m0/s1. The summed E-state index contributed by atoms with van der Waals surface area (Å²) in [5.74, 6) is -1.26. The molecule has 2 N–H and O–H groups in total. The molecule has 2 aliphatic rings. The first-order valence-electron chi connectivity index (χ1n) is 6.01. The van der Waals surface area contributed by atoms with Crippen LogP contribution < -0.4 is 5.32 Å². The number of hydrogen-bond acceptors (Lipinski definition) is 4. The molecule has 2 atom stereocenters. The molecule has 0 saturated carbocycles. The molecule has 2 rings (SSSR count). The summed E-state index contributed by atoms with van der Waals surface area (Å²) in [7, 11) is 0. The van der Waals surface area contributed by atoms with Gasteiger partial charge in [-0.05, 0) is 12.8 Å². The number of carboxylic acids is 1. The van der Waals surface area contributed by atoms with E-state index in [1.807, 2.05) is 0 Å². The van der Waals surface area contributed by atoms with E-state index in [0.29, 0.717) is 39.3 Å². The Balaban J connectivity index is 1.91. The topological polar surface area (TPSA) is 78.9 Å². The van der Waals surface area contributed by atoms with Gasteiger partial charge in [0.1, 0.15) is 6.04 Å². The number of piperidine rings is 1. The second kappa shape index (κ2) is 5.46. The number of carbonyl (C=O) groups excluding carboxylic acids is 1. The second-order valence-electron chi connectivity index (χ2n) is 4.54. The number of ether oxygens (including phenoxy) is 1. The fourth-order valence-corrected chi connectivity index (χ4v) is 2.32. The van der Waals surface area contributed by atoms with Crippen LogP contribution in [-0.2, 0) is 14.3 Å². The van der Waals surface area contributed by atoms with Gasteiger partial charge in [0.25, 0.3) is 0 Å². The van der Waals surface area contributed by atoms with Gasteiger partial charge < -0.3 is 20.1 Å². The molecule has 96 valence electrons. The van der Waals surface area contributed by atoms with Crippen molar-refractivity contribution in [3.8, 4) is 0 Å². The minimum Gasteiger partial charge on any atom is -0.481 e. The molecule has 2 saturated heterocycles. The predicted molar refractivity (Wildman–Crippen MR) is 59.5 cm³/mol. The Morgan fingerprint density at radius 3 is 2.88 bits per heavy atom. The number of hydrogen-bond donors (Lipinski definition) is 2. The maximum atomic E-state index is 12.1. The number of nitrogens with one attached hydrogen (secondary N) is 1. The van der Waals surface area contributed by atoms with E-state index in [-0.39, 0.29) is 11.9 Å². The summed E-state index contributed by atoms with van der Waals surface area (Å²) >= 11 is 0. The van der Waals surface area contributed by atoms with Crippen molar-refractivity contribution in [3.63, 3.8) is 0 Å². The van der Waals surface area contributed by atoms with Crippen LogP contribution in [0, 0.1) is 5.92 Å². The minimum absolute atomic E-state index is 0.0318. The van der Waals surface area contributed by atoms with E-state index >= 15 is 0 Å². The van der Waals surface area contributed by atoms with Gasteiger partial charge >= 0.3 is 5.97 Å². The molecule has 2 aliphatic heterocycles. The van der Waals surface area contributed by atoms with Crippen LogP contribution in [0.1, 0.15) is 12.8 Å². The van der Waals surface area contributed by atoms with E-state index < -0.39 is 11.9 Å². The van der Waals surface area contributed by atoms with Gasteiger partial charge in [-0.15, -0.1) is 0 Å². The largest absolute Gasteiger partial charge is 0.481 e. The number of nitrogens with zero attached hydrogens (tertiary/aromatic N) is 1. The Kier molecular flexibility index (Phi) is 3.96. The van der Waals surface area contributed by atoms with Gasteiger partial charge in [-0.3, -0.25) is 9.59 Å². The summed E-state index contributed by atoms with van der Waals surface area (Å²) in [6.45, 7) is 2.66. The number of likely N-dealkylation sites (tertiary alicyclic amines) is 1. The van der Waals surface area contributed by atoms with Crippen LogP contribution >= 0.6 is 0 Å². The molecule has 17 heavy (non-hydrogen) atoms. The Morgan fingerprint density at radius 2 is 2.24 bits per heavy atom. The van der Waals surface area contributed by atoms with E-state index in [1.54, 1.807) is 4.90 Å². The molecule has 1 unspecified atom stereocenters. The normalized spacial score (nSPS) is 30.0. The van der Waals surface area contributed by atoms with Crippen LogP contribution in [0.3, 0.4) is 0 Å². The molecular weight excluding hydrogens is 224 g/mol. The van der Waals surface area contributed by atoms with Gasteiger partial charge in [0.15, 0.2) is 0 Å². The first-order valence-corrected chi connectivity index (χ1v) is 6.01. The number of amides is 1. The molecule has 0 bridgehead atoms. The first kappa shape index (κ1) is 12.3. The molecule has 0 aromatic heterocycles. The number of carboxylic acid groups (broad SMARTS) is 1. The molecular formula is C11H18N2O4. The van der Waals surface area contributed by atoms with Crippen LogP contribution in [0.25, 0.3) is 0 Å². The zero-order valence-electron chi connectivity index (χ0n) is 9.72. The number of morpholine rings is 1. The summed E-state index contributed by atoms with van der Waals surface area (Å²) in [5, 5.41) is 12.1. The molecule has 2 heterocycles. The monoisotopic (exact) mass is 242 g/mol. The lowest BCUT2D eigenvalue weighted by atomic mass is 9.97. The number of rotatable bonds is 2. The molecule has 0 aromatic rings. The Morgan fingerprint density at radius 1 is 1.41 bits per heavy atom. The van der Waals surface area contributed by atoms with Crippen molar-refractivity contribution in [2.75, 3.05) is 32.8 Å². The van der Waals surface area contributed by atoms with E-state index in [9.17, 15) is 9.59 Å². The molecule has 2 fully saturated rings. The molecule has 0 radical (unpaired) electrons. The van der Waals surface area contributed by atoms with E-state index in [1.165, 1.54) is 0 Å². The summed E-state index contributed by atoms with van der Waals surface area (Å²) in [5.41, 5.74) is 0. The highest BCUT2D eigenvalue weighted by atomic mass is 16.5. The zero-order valence-corrected chi connectivity index (χ0v) is 9.72. The van der Waals surface area contributed by atoms with Crippen molar-refractivity contribution in [2.45, 2.75) is 18.9 Å². The summed E-state index contributed by atoms with van der Waals surface area (Å²) in [6.07, 6.45) is 1.42. The molecule has 6 heteroatoms. The summed E-state index contributed by atoms with van der Waals surface area (Å²) in [6, 6.07) is -0.309. The third-order valence-electron chi connectivity index (χ3n) is 3.30. The fraction of sp³-hybridized carbons (Fsp3) is 0.818. The van der Waals surface area contributed by atoms with Gasteiger partial charge in [-0.1, -0.05) is 0 Å². The maximum absolute atomic E-state index is 12.1. The number of carbonyl (C=O) groups is 2. The molecule has 1 amide bonds. The lowest BCUT2D eigenvalue weighted by molar-refractivity contribution is -0.147. The summed E-state index contributed by atoms with van der Waals surface area (Å²) in [4.78, 5) is 24.7. The SMILES string of the molecule is O=C(O)[C@H]1CCCN(C(=O)C2COCCN2)C1. The third kappa shape index (κ3) is 2.95. The first-order chi connectivity index (χ1) is 8.18. The summed E-state index contributed by atoms with van der Waals surface area (Å²) < 4.78 is 5.24. The van der Waals surface area contributed by atoms with Gasteiger partial charge in [0, 0.05) is 19.6 Å². The van der Waals surface area contributed by atoms with Gasteiger partial charge in [0.05, 0.1) is 19.1 Å². The fourth-order valence-electron chi connectivity index (χ4n) is 2.32. The van der Waals surface area contributed by atoms with Crippen LogP contribution in [0.15, 0.2) is 0 Å². The van der Waals surface area contributed by atoms with Crippen molar-refractivity contribution in [3.05, 3.63) is 0 Å². The van der Waals surface area contributed by atoms with E-state index in [0.717, 1.165) is 6.42 Å². The maximum Gasteiger partial charge on any atom is 0.308 e. The lowest BCUT2D eigenvalue weighted by Gasteiger charge is -2.34. The highest BCUT2D eigenvalue weighted by molar-refractivity contribution is 5.83. The Labute approximate surface area is 99.9 Å². The van der Waals surface area contributed by atoms with Crippen molar-refractivity contribution in [2.24, 2.45) is 5.92 Å². The predicted octanol–water partition coefficient (Wildman–Crippen LogP) is -0.702. The second-order valence-corrected chi connectivity index (χ2v) is 4.54. The Bertz CT molecular complexity index is 302. The average Bonchev–Trinajstić information content (AvgIpc) is 2.39. The van der Waals surface area contributed by atoms with Crippen molar-refractivity contribution in [1.29, 1.82) is 0 Å². The average molecular weight is 242 g/mol. The highest BCUT2D eigenvalue weighted by Crippen LogP contribution is 2.17. The van der Waals surface area contributed by atoms with E-state index in [4.69, 9.17) is 9.84 Å². The molecule has 6 nitrogen and oxygen atoms in total. The third-order valence-corrected chi connectivity index (χ3v) is 3.30. The Hall–Kier alpha value is -1.14. The molecule has 0 aliphatic carbocycles. The van der Waals surface area contributed by atoms with Crippen molar-refractivity contribution < 1.29 is 19.4 Å². The zero-order chi connectivity index (χ0) is 12.3. The number of aliphatic carboxylic acids is 1. The smallest absolute Gasteiger partial charge is 0.308 e. The van der Waals surface area contributed by atoms with Gasteiger partial charge in [0.2, 0.25) is 5.91 Å². The quantitative estimate of drug-likeness (QED) is 0.669. The van der Waals surface area contributed by atoms with Crippen LogP contribution in [0.5, 0.6) is 0 Å². The molecule has 0 spiro atoms.